The molecule has 236 valence electrons. The molecule has 6 rings (SSSR count). The average Bonchev–Trinajstić information content (AvgIpc) is 3.05. The maximum absolute atomic E-state index is 10.7. The lowest BCUT2D eigenvalue weighted by molar-refractivity contribution is 0.227. The van der Waals surface area contributed by atoms with Gasteiger partial charge in [0.05, 0.1) is 21.3 Å². The molecule has 0 aliphatic carbocycles. The summed E-state index contributed by atoms with van der Waals surface area (Å²) in [6.45, 7) is 1.86. The maximum atomic E-state index is 10.7. The van der Waals surface area contributed by atoms with Gasteiger partial charge in [-0.1, -0.05) is 18.2 Å². The minimum absolute atomic E-state index is 0.101. The number of rotatable bonds is 9. The summed E-state index contributed by atoms with van der Waals surface area (Å²) in [7, 11) is 9.20. The van der Waals surface area contributed by atoms with Gasteiger partial charge >= 0.3 is 0 Å². The van der Waals surface area contributed by atoms with Crippen LogP contribution in [-0.2, 0) is 25.7 Å². The molecule has 0 spiro atoms. The topological polar surface area (TPSA) is 83.9 Å². The summed E-state index contributed by atoms with van der Waals surface area (Å²) in [5, 5.41) is 21.0. The van der Waals surface area contributed by atoms with Gasteiger partial charge in [0.15, 0.2) is 34.5 Å². The second-order valence-corrected chi connectivity index (χ2v) is 12.1. The quantitative estimate of drug-likeness (QED) is 0.224. The molecule has 45 heavy (non-hydrogen) atoms. The van der Waals surface area contributed by atoms with E-state index in [4.69, 9.17) is 18.9 Å². The van der Waals surface area contributed by atoms with Crippen molar-refractivity contribution in [3.63, 3.8) is 0 Å². The summed E-state index contributed by atoms with van der Waals surface area (Å²) < 4.78 is 22.8. The Balaban J connectivity index is 1.18. The molecule has 8 nitrogen and oxygen atoms in total. The minimum atomic E-state index is 0.101. The zero-order valence-electron chi connectivity index (χ0n) is 26.7. The second kappa shape index (κ2) is 12.9. The van der Waals surface area contributed by atoms with Crippen LogP contribution in [0.4, 0.5) is 0 Å². The molecule has 2 aliphatic rings. The molecule has 0 fully saturated rings. The van der Waals surface area contributed by atoms with Crippen LogP contribution in [0, 0.1) is 0 Å². The Labute approximate surface area is 265 Å². The molecule has 4 aromatic rings. The lowest BCUT2D eigenvalue weighted by Gasteiger charge is -2.35. The van der Waals surface area contributed by atoms with E-state index in [-0.39, 0.29) is 23.6 Å². The SMILES string of the molecule is COc1cc2c(cc1O)CCN(C)[C@@H]2Cc1ccc(Oc2cc(C[C@@H]3c4cc(OC)c(OC)cc4CCN3C)ccc2O)cc1. The number of methoxy groups -OCH3 is 3. The maximum Gasteiger partial charge on any atom is 0.169 e. The Hall–Kier alpha value is -4.40. The van der Waals surface area contributed by atoms with Crippen molar-refractivity contribution in [3.05, 3.63) is 100 Å². The minimum Gasteiger partial charge on any atom is -0.504 e. The van der Waals surface area contributed by atoms with E-state index in [1.54, 1.807) is 27.4 Å². The van der Waals surface area contributed by atoms with Gasteiger partial charge in [-0.05, 0) is 122 Å². The van der Waals surface area contributed by atoms with Crippen molar-refractivity contribution in [2.24, 2.45) is 0 Å². The highest BCUT2D eigenvalue weighted by molar-refractivity contribution is 5.51. The first-order valence-electron chi connectivity index (χ1n) is 15.4. The van der Waals surface area contributed by atoms with Gasteiger partial charge in [0.1, 0.15) is 5.75 Å². The highest BCUT2D eigenvalue weighted by Crippen LogP contribution is 2.41. The second-order valence-electron chi connectivity index (χ2n) is 12.1. The molecule has 0 unspecified atom stereocenters. The number of hydrogen-bond donors (Lipinski definition) is 2. The van der Waals surface area contributed by atoms with Crippen LogP contribution in [0.25, 0.3) is 0 Å². The fourth-order valence-electron chi connectivity index (χ4n) is 6.73. The van der Waals surface area contributed by atoms with E-state index in [1.807, 2.05) is 36.4 Å². The Kier molecular flexibility index (Phi) is 8.79. The number of hydrogen-bond acceptors (Lipinski definition) is 8. The molecule has 2 N–H and O–H groups in total. The van der Waals surface area contributed by atoms with Crippen molar-refractivity contribution >= 4 is 0 Å². The molecule has 8 heteroatoms. The van der Waals surface area contributed by atoms with Crippen molar-refractivity contribution in [3.8, 4) is 40.2 Å². The van der Waals surface area contributed by atoms with Crippen molar-refractivity contribution in [2.45, 2.75) is 37.8 Å². The average molecular weight is 611 g/mol. The molecule has 4 aromatic carbocycles. The highest BCUT2D eigenvalue weighted by atomic mass is 16.5. The summed E-state index contributed by atoms with van der Waals surface area (Å²) in [4.78, 5) is 4.71. The molecular weight excluding hydrogens is 568 g/mol. The smallest absolute Gasteiger partial charge is 0.169 e. The third-order valence-electron chi connectivity index (χ3n) is 9.37. The van der Waals surface area contributed by atoms with E-state index < -0.39 is 0 Å². The van der Waals surface area contributed by atoms with Crippen LogP contribution in [0.2, 0.25) is 0 Å². The largest absolute Gasteiger partial charge is 0.504 e. The molecule has 0 saturated heterocycles. The fourth-order valence-corrected chi connectivity index (χ4v) is 6.73. The summed E-state index contributed by atoms with van der Waals surface area (Å²) in [6.07, 6.45) is 3.41. The predicted molar refractivity (Wildman–Crippen MR) is 174 cm³/mol. The summed E-state index contributed by atoms with van der Waals surface area (Å²) in [5.41, 5.74) is 7.08. The van der Waals surface area contributed by atoms with Gasteiger partial charge in [0, 0.05) is 25.2 Å². The van der Waals surface area contributed by atoms with E-state index in [0.717, 1.165) is 61.4 Å². The predicted octanol–water partition coefficient (Wildman–Crippen LogP) is 6.46. The molecule has 0 saturated carbocycles. The first-order valence-corrected chi connectivity index (χ1v) is 15.4. The van der Waals surface area contributed by atoms with Gasteiger partial charge < -0.3 is 29.2 Å². The number of aromatic hydroxyl groups is 2. The molecule has 0 amide bonds. The number of phenolic OH excluding ortho intramolecular Hbond substituents is 2. The number of nitrogens with zero attached hydrogens (tertiary/aromatic N) is 2. The fraction of sp³-hybridized carbons (Fsp3) is 0.351. The van der Waals surface area contributed by atoms with E-state index in [2.05, 4.69) is 48.2 Å². The van der Waals surface area contributed by atoms with Crippen LogP contribution >= 0.6 is 0 Å². The summed E-state index contributed by atoms with van der Waals surface area (Å²) >= 11 is 0. The third kappa shape index (κ3) is 6.26. The lowest BCUT2D eigenvalue weighted by atomic mass is 9.88. The van der Waals surface area contributed by atoms with Crippen molar-refractivity contribution in [1.29, 1.82) is 0 Å². The first-order chi connectivity index (χ1) is 21.8. The highest BCUT2D eigenvalue weighted by Gasteiger charge is 2.28. The Bertz CT molecular complexity index is 1670. The number of fused-ring (bicyclic) bond motifs is 2. The third-order valence-corrected chi connectivity index (χ3v) is 9.37. The van der Waals surface area contributed by atoms with E-state index in [9.17, 15) is 10.2 Å². The van der Waals surface area contributed by atoms with Gasteiger partial charge in [-0.15, -0.1) is 0 Å². The summed E-state index contributed by atoms with van der Waals surface area (Å²) in [5.74, 6) is 3.36. The lowest BCUT2D eigenvalue weighted by Crippen LogP contribution is -2.33. The molecule has 2 aliphatic heterocycles. The Morgan fingerprint density at radius 1 is 0.600 bits per heavy atom. The monoisotopic (exact) mass is 610 g/mol. The van der Waals surface area contributed by atoms with Crippen LogP contribution in [0.15, 0.2) is 66.7 Å². The van der Waals surface area contributed by atoms with E-state index in [1.165, 1.54) is 22.3 Å². The van der Waals surface area contributed by atoms with Gasteiger partial charge in [-0.3, -0.25) is 9.80 Å². The van der Waals surface area contributed by atoms with Crippen molar-refractivity contribution in [2.75, 3.05) is 48.5 Å². The number of likely N-dealkylation sites (N-methyl/N-ethyl adjacent to an activating group) is 2. The number of phenols is 2. The van der Waals surface area contributed by atoms with Crippen LogP contribution in [0.5, 0.6) is 40.2 Å². The number of ether oxygens (including phenoxy) is 4. The Morgan fingerprint density at radius 2 is 1.13 bits per heavy atom. The summed E-state index contributed by atoms with van der Waals surface area (Å²) in [6, 6.07) is 22.0. The molecule has 2 atom stereocenters. The molecular formula is C37H42N2O6. The van der Waals surface area contributed by atoms with Gasteiger partial charge in [0.25, 0.3) is 0 Å². The van der Waals surface area contributed by atoms with Crippen LogP contribution in [0.1, 0.15) is 45.5 Å². The van der Waals surface area contributed by atoms with Crippen LogP contribution in [-0.4, -0.2) is 68.5 Å². The molecule has 2 heterocycles. The first kappa shape index (κ1) is 30.6. The molecule has 0 radical (unpaired) electrons. The normalized spacial score (nSPS) is 18.2. The molecule has 0 aromatic heterocycles. The van der Waals surface area contributed by atoms with Crippen LogP contribution in [0.3, 0.4) is 0 Å². The standard InChI is InChI=1S/C37H42N2O6/c1-38-14-12-25-19-33(41)34(42-3)21-28(25)30(38)16-23-6-9-27(10-7-23)45-35-18-24(8-11-32(35)40)17-31-29-22-37(44-5)36(43-4)20-26(29)13-15-39(31)2/h6-11,18-22,30-31,40-41H,12-17H2,1-5H3/t30-,31-/m1/s1. The van der Waals surface area contributed by atoms with Crippen molar-refractivity contribution in [1.82, 2.24) is 9.80 Å². The van der Waals surface area contributed by atoms with Gasteiger partial charge in [0.2, 0.25) is 0 Å². The van der Waals surface area contributed by atoms with Crippen LogP contribution < -0.4 is 18.9 Å². The Morgan fingerprint density at radius 3 is 1.76 bits per heavy atom. The number of benzene rings is 4. The van der Waals surface area contributed by atoms with E-state index in [0.29, 0.717) is 17.2 Å². The zero-order valence-corrected chi connectivity index (χ0v) is 26.7. The van der Waals surface area contributed by atoms with E-state index >= 15 is 0 Å². The zero-order chi connectivity index (χ0) is 31.7. The molecule has 0 bridgehead atoms. The van der Waals surface area contributed by atoms with Crippen molar-refractivity contribution < 1.29 is 29.2 Å². The van der Waals surface area contributed by atoms with Gasteiger partial charge in [-0.25, -0.2) is 0 Å². The van der Waals surface area contributed by atoms with Gasteiger partial charge in [-0.2, -0.15) is 0 Å².